The second-order valence-electron chi connectivity index (χ2n) is 5.04. The van der Waals surface area contributed by atoms with Gasteiger partial charge >= 0.3 is 0 Å². The van der Waals surface area contributed by atoms with Crippen molar-refractivity contribution in [2.75, 3.05) is 33.3 Å². The summed E-state index contributed by atoms with van der Waals surface area (Å²) in [6, 6.07) is 6.13. The van der Waals surface area contributed by atoms with Gasteiger partial charge in [0.05, 0.1) is 7.11 Å². The maximum absolute atomic E-state index is 5.37. The first-order valence-electron chi connectivity index (χ1n) is 7.05. The monoisotopic (exact) mass is 326 g/mol. The number of nitrogens with zero attached hydrogens (tertiary/aromatic N) is 1. The van der Waals surface area contributed by atoms with Crippen molar-refractivity contribution in [3.8, 4) is 5.75 Å². The molecule has 1 aromatic carbocycles. The van der Waals surface area contributed by atoms with Gasteiger partial charge in [-0.15, -0.1) is 0 Å². The molecule has 2 rings (SSSR count). The van der Waals surface area contributed by atoms with Gasteiger partial charge < -0.3 is 15.0 Å². The van der Waals surface area contributed by atoms with Gasteiger partial charge in [-0.1, -0.05) is 15.9 Å². The Kier molecular flexibility index (Phi) is 6.14. The summed E-state index contributed by atoms with van der Waals surface area (Å²) in [4.78, 5) is 2.56. The number of halogens is 1. The van der Waals surface area contributed by atoms with Crippen molar-refractivity contribution in [3.05, 3.63) is 28.2 Å². The maximum Gasteiger partial charge on any atom is 0.123 e. The first-order chi connectivity index (χ1) is 9.29. The molecule has 1 aliphatic heterocycles. The molecule has 19 heavy (non-hydrogen) atoms. The quantitative estimate of drug-likeness (QED) is 0.779. The second-order valence-corrected chi connectivity index (χ2v) is 5.95. The fraction of sp³-hybridized carbons (Fsp3) is 0.600. The molecule has 1 saturated heterocycles. The Hall–Kier alpha value is -0.580. The Labute approximate surface area is 124 Å². The zero-order valence-electron chi connectivity index (χ0n) is 11.6. The molecule has 1 fully saturated rings. The van der Waals surface area contributed by atoms with Crippen LogP contribution in [0.5, 0.6) is 5.75 Å². The maximum atomic E-state index is 5.37. The van der Waals surface area contributed by atoms with E-state index in [2.05, 4.69) is 32.2 Å². The number of likely N-dealkylation sites (tertiary alicyclic amines) is 1. The van der Waals surface area contributed by atoms with Crippen LogP contribution in [0.25, 0.3) is 0 Å². The summed E-state index contributed by atoms with van der Waals surface area (Å²) >= 11 is 3.50. The lowest BCUT2D eigenvalue weighted by atomic mass is 10.2. The predicted octanol–water partition coefficient (Wildman–Crippen LogP) is 3.03. The van der Waals surface area contributed by atoms with Crippen LogP contribution in [-0.2, 0) is 6.54 Å². The van der Waals surface area contributed by atoms with E-state index in [1.54, 1.807) is 7.11 Å². The molecular formula is C15H23BrN2O. The zero-order valence-corrected chi connectivity index (χ0v) is 13.2. The van der Waals surface area contributed by atoms with E-state index >= 15 is 0 Å². The standard InChI is InChI=1S/C15H23BrN2O/c1-19-15-6-5-14(16)11-13(15)12-17-7-4-10-18-8-2-3-9-18/h5-6,11,17H,2-4,7-10,12H2,1H3. The third kappa shape index (κ3) is 4.79. The molecule has 0 radical (unpaired) electrons. The minimum Gasteiger partial charge on any atom is -0.496 e. The van der Waals surface area contributed by atoms with Crippen LogP contribution >= 0.6 is 15.9 Å². The molecule has 1 N–H and O–H groups in total. The summed E-state index contributed by atoms with van der Waals surface area (Å²) in [5.41, 5.74) is 1.21. The zero-order chi connectivity index (χ0) is 13.5. The van der Waals surface area contributed by atoms with Crippen molar-refractivity contribution in [3.63, 3.8) is 0 Å². The Balaban J connectivity index is 1.68. The van der Waals surface area contributed by atoms with Crippen LogP contribution < -0.4 is 10.1 Å². The molecule has 1 aromatic rings. The molecule has 0 bridgehead atoms. The van der Waals surface area contributed by atoms with Crippen LogP contribution in [0.3, 0.4) is 0 Å². The van der Waals surface area contributed by atoms with Crippen molar-refractivity contribution in [1.29, 1.82) is 0 Å². The lowest BCUT2D eigenvalue weighted by molar-refractivity contribution is 0.330. The van der Waals surface area contributed by atoms with Crippen molar-refractivity contribution >= 4 is 15.9 Å². The van der Waals surface area contributed by atoms with Crippen LogP contribution in [0.15, 0.2) is 22.7 Å². The van der Waals surface area contributed by atoms with Gasteiger partial charge in [-0.25, -0.2) is 0 Å². The third-order valence-corrected chi connectivity index (χ3v) is 4.08. The fourth-order valence-electron chi connectivity index (χ4n) is 2.54. The summed E-state index contributed by atoms with van der Waals surface area (Å²) in [7, 11) is 1.72. The average Bonchev–Trinajstić information content (AvgIpc) is 2.92. The number of hydrogen-bond donors (Lipinski definition) is 1. The SMILES string of the molecule is COc1ccc(Br)cc1CNCCCN1CCCC1. The highest BCUT2D eigenvalue weighted by atomic mass is 79.9. The van der Waals surface area contributed by atoms with E-state index in [-0.39, 0.29) is 0 Å². The van der Waals surface area contributed by atoms with Crippen molar-refractivity contribution in [2.24, 2.45) is 0 Å². The van der Waals surface area contributed by atoms with E-state index in [4.69, 9.17) is 4.74 Å². The smallest absolute Gasteiger partial charge is 0.123 e. The van der Waals surface area contributed by atoms with Crippen LogP contribution in [0.2, 0.25) is 0 Å². The predicted molar refractivity (Wildman–Crippen MR) is 82.7 cm³/mol. The Morgan fingerprint density at radius 2 is 2.11 bits per heavy atom. The molecule has 1 aliphatic rings. The van der Waals surface area contributed by atoms with E-state index in [9.17, 15) is 0 Å². The Morgan fingerprint density at radius 3 is 2.84 bits per heavy atom. The number of benzene rings is 1. The van der Waals surface area contributed by atoms with Gasteiger partial charge in [0.1, 0.15) is 5.75 Å². The molecule has 0 unspecified atom stereocenters. The molecule has 0 atom stereocenters. The lowest BCUT2D eigenvalue weighted by Gasteiger charge is -2.15. The fourth-order valence-corrected chi connectivity index (χ4v) is 2.95. The first-order valence-corrected chi connectivity index (χ1v) is 7.84. The largest absolute Gasteiger partial charge is 0.496 e. The Bertz CT molecular complexity index is 392. The molecular weight excluding hydrogens is 304 g/mol. The number of ether oxygens (including phenoxy) is 1. The molecule has 0 amide bonds. The number of nitrogens with one attached hydrogen (secondary N) is 1. The normalized spacial score (nSPS) is 15.9. The van der Waals surface area contributed by atoms with Crippen molar-refractivity contribution in [1.82, 2.24) is 10.2 Å². The summed E-state index contributed by atoms with van der Waals surface area (Å²) in [5.74, 6) is 0.954. The second kappa shape index (κ2) is 7.88. The molecule has 3 nitrogen and oxygen atoms in total. The topological polar surface area (TPSA) is 24.5 Å². The summed E-state index contributed by atoms with van der Waals surface area (Å²) in [6.45, 7) is 5.73. The highest BCUT2D eigenvalue weighted by molar-refractivity contribution is 9.10. The van der Waals surface area contributed by atoms with E-state index in [1.807, 2.05) is 12.1 Å². The summed E-state index contributed by atoms with van der Waals surface area (Å²) < 4.78 is 6.47. The van der Waals surface area contributed by atoms with Crippen LogP contribution in [0, 0.1) is 0 Å². The van der Waals surface area contributed by atoms with Crippen molar-refractivity contribution < 1.29 is 4.74 Å². The Morgan fingerprint density at radius 1 is 1.32 bits per heavy atom. The molecule has 0 aromatic heterocycles. The third-order valence-electron chi connectivity index (χ3n) is 3.58. The highest BCUT2D eigenvalue weighted by Gasteiger charge is 2.10. The van der Waals surface area contributed by atoms with Gasteiger partial charge in [-0.05, 0) is 63.6 Å². The van der Waals surface area contributed by atoms with Gasteiger partial charge in [0.25, 0.3) is 0 Å². The van der Waals surface area contributed by atoms with Crippen LogP contribution in [0.4, 0.5) is 0 Å². The minimum atomic E-state index is 0.864. The first kappa shape index (κ1) is 14.8. The summed E-state index contributed by atoms with van der Waals surface area (Å²) in [5, 5.41) is 3.50. The van der Waals surface area contributed by atoms with Gasteiger partial charge in [0.2, 0.25) is 0 Å². The average molecular weight is 327 g/mol. The molecule has 0 spiro atoms. The van der Waals surface area contributed by atoms with Crippen LogP contribution in [-0.4, -0.2) is 38.2 Å². The van der Waals surface area contributed by atoms with Crippen LogP contribution in [0.1, 0.15) is 24.8 Å². The number of methoxy groups -OCH3 is 1. The molecule has 0 aliphatic carbocycles. The highest BCUT2D eigenvalue weighted by Crippen LogP contribution is 2.22. The van der Waals surface area contributed by atoms with Gasteiger partial charge in [0.15, 0.2) is 0 Å². The molecule has 0 saturated carbocycles. The van der Waals surface area contributed by atoms with E-state index < -0.39 is 0 Å². The van der Waals surface area contributed by atoms with E-state index in [0.29, 0.717) is 0 Å². The number of rotatable bonds is 7. The molecule has 4 heteroatoms. The lowest BCUT2D eigenvalue weighted by Crippen LogP contribution is -2.24. The van der Waals surface area contributed by atoms with Gasteiger partial charge in [-0.2, -0.15) is 0 Å². The van der Waals surface area contributed by atoms with Crippen molar-refractivity contribution in [2.45, 2.75) is 25.8 Å². The van der Waals surface area contributed by atoms with E-state index in [0.717, 1.165) is 23.3 Å². The van der Waals surface area contributed by atoms with Gasteiger partial charge in [0, 0.05) is 16.6 Å². The number of hydrogen-bond acceptors (Lipinski definition) is 3. The van der Waals surface area contributed by atoms with Gasteiger partial charge in [-0.3, -0.25) is 0 Å². The molecule has 106 valence electrons. The summed E-state index contributed by atoms with van der Waals surface area (Å²) in [6.07, 6.45) is 3.97. The minimum absolute atomic E-state index is 0.864. The van der Waals surface area contributed by atoms with E-state index in [1.165, 1.54) is 44.5 Å². The molecule has 1 heterocycles.